The van der Waals surface area contributed by atoms with Crippen LogP contribution in [0.3, 0.4) is 0 Å². The second kappa shape index (κ2) is 7.15. The SMILES string of the molecule is [2H]c1cc(C(=O)NC([2H])([2H])[2H])c(F)c([2H])c1N1C(=S)N(c2c([2H])nc([N+]#[C-])c(C)c2[2H])C(=O)C12CCC2. The summed E-state index contributed by atoms with van der Waals surface area (Å²) < 4.78 is 70.2. The number of hydrogen-bond acceptors (Lipinski definition) is 4. The zero-order valence-corrected chi connectivity index (χ0v) is 16.4. The molecule has 1 aromatic heterocycles. The molecule has 0 radical (unpaired) electrons. The molecule has 1 saturated carbocycles. The fraction of sp³-hybridized carbons (Fsp3) is 0.286. The maximum Gasteiger partial charge on any atom is 0.272 e. The number of carbonyl (C=O) groups is 2. The van der Waals surface area contributed by atoms with Crippen LogP contribution in [-0.4, -0.2) is 34.4 Å². The van der Waals surface area contributed by atoms with Crippen LogP contribution in [0.1, 0.15) is 44.8 Å². The monoisotopic (exact) mass is 430 g/mol. The molecule has 1 aliphatic carbocycles. The van der Waals surface area contributed by atoms with E-state index in [2.05, 4.69) is 9.83 Å². The van der Waals surface area contributed by atoms with Crippen molar-refractivity contribution in [2.75, 3.05) is 16.8 Å². The highest BCUT2D eigenvalue weighted by molar-refractivity contribution is 7.81. The van der Waals surface area contributed by atoms with Crippen LogP contribution in [0, 0.1) is 19.3 Å². The van der Waals surface area contributed by atoms with E-state index in [4.69, 9.17) is 28.4 Å². The van der Waals surface area contributed by atoms with Gasteiger partial charge < -0.3 is 15.1 Å². The van der Waals surface area contributed by atoms with Gasteiger partial charge in [-0.3, -0.25) is 14.5 Å². The standard InChI is InChI=1S/C21H18FN5O2S/c1-12-9-14(11-25-17(12)23-2)26-19(29)21(7-4-8-21)27(20(26)30)13-5-6-15(16(22)10-13)18(28)24-3/h5-6,9-11H,4,7-8H2,1,3H3,(H,24,28)/i3D3,5D,9D,10D,11D. The van der Waals surface area contributed by atoms with Crippen LogP contribution in [0.25, 0.3) is 4.85 Å². The highest BCUT2D eigenvalue weighted by Gasteiger charge is 2.59. The number of carbonyl (C=O) groups excluding carboxylic acids is 2. The molecule has 1 spiro atoms. The van der Waals surface area contributed by atoms with Crippen molar-refractivity contribution >= 4 is 46.3 Å². The molecule has 4 rings (SSSR count). The summed E-state index contributed by atoms with van der Waals surface area (Å²) in [6, 6.07) is -1.06. The van der Waals surface area contributed by atoms with Crippen molar-refractivity contribution in [2.24, 2.45) is 0 Å². The Morgan fingerprint density at radius 1 is 1.47 bits per heavy atom. The summed E-state index contributed by atoms with van der Waals surface area (Å²) in [5.41, 5.74) is -2.81. The first-order chi connectivity index (χ1) is 17.2. The van der Waals surface area contributed by atoms with Crippen molar-refractivity contribution in [3.8, 4) is 0 Å². The van der Waals surface area contributed by atoms with E-state index in [1.54, 1.807) is 5.32 Å². The van der Waals surface area contributed by atoms with E-state index in [-0.39, 0.29) is 41.1 Å². The maximum atomic E-state index is 15.2. The van der Waals surface area contributed by atoms with Crippen molar-refractivity contribution in [1.29, 1.82) is 0 Å². The number of hydrogen-bond donors (Lipinski definition) is 1. The minimum Gasteiger partial charge on any atom is -0.360 e. The Hall–Kier alpha value is -3.38. The molecular weight excluding hydrogens is 405 g/mol. The molecule has 1 saturated heterocycles. The third kappa shape index (κ3) is 2.75. The first-order valence-electron chi connectivity index (χ1n) is 12.3. The quantitative estimate of drug-likeness (QED) is 0.596. The van der Waals surface area contributed by atoms with E-state index in [0.717, 1.165) is 15.9 Å². The molecule has 1 aliphatic heterocycles. The second-order valence-corrected chi connectivity index (χ2v) is 7.21. The summed E-state index contributed by atoms with van der Waals surface area (Å²) in [4.78, 5) is 35.1. The van der Waals surface area contributed by atoms with Crippen molar-refractivity contribution in [2.45, 2.75) is 31.7 Å². The number of anilines is 2. The zero-order chi connectivity index (χ0) is 27.6. The lowest BCUT2D eigenvalue weighted by atomic mass is 9.75. The summed E-state index contributed by atoms with van der Waals surface area (Å²) in [7, 11) is 0. The van der Waals surface area contributed by atoms with Crippen LogP contribution in [0.4, 0.5) is 21.6 Å². The van der Waals surface area contributed by atoms with Crippen molar-refractivity contribution < 1.29 is 23.6 Å². The second-order valence-electron chi connectivity index (χ2n) is 6.85. The lowest BCUT2D eigenvalue weighted by molar-refractivity contribution is -0.123. The van der Waals surface area contributed by atoms with E-state index in [0.29, 0.717) is 6.42 Å². The molecule has 2 aliphatic rings. The number of halogens is 1. The highest BCUT2D eigenvalue weighted by atomic mass is 32.1. The number of nitrogens with one attached hydrogen (secondary N) is 1. The van der Waals surface area contributed by atoms with E-state index in [9.17, 15) is 9.59 Å². The summed E-state index contributed by atoms with van der Waals surface area (Å²) >= 11 is 5.53. The number of amides is 2. The van der Waals surface area contributed by atoms with Gasteiger partial charge in [-0.25, -0.2) is 4.39 Å². The Kier molecular flexibility index (Phi) is 3.10. The third-order valence-corrected chi connectivity index (χ3v) is 5.60. The first-order valence-corrected chi connectivity index (χ1v) is 9.23. The number of aromatic nitrogens is 1. The molecule has 0 bridgehead atoms. The number of thiocarbonyl (C=S) groups is 1. The number of rotatable bonds is 3. The first kappa shape index (κ1) is 13.0. The fourth-order valence-corrected chi connectivity index (χ4v) is 4.00. The number of nitrogens with zero attached hydrogens (tertiary/aromatic N) is 4. The van der Waals surface area contributed by atoms with Crippen molar-refractivity contribution in [3.05, 3.63) is 58.7 Å². The zero-order valence-electron chi connectivity index (χ0n) is 22.6. The lowest BCUT2D eigenvalue weighted by Gasteiger charge is -2.43. The van der Waals surface area contributed by atoms with Crippen LogP contribution < -0.4 is 15.1 Å². The maximum absolute atomic E-state index is 15.2. The summed E-state index contributed by atoms with van der Waals surface area (Å²) in [5.74, 6) is -3.57. The lowest BCUT2D eigenvalue weighted by Crippen LogP contribution is -2.55. The van der Waals surface area contributed by atoms with Crippen LogP contribution >= 0.6 is 12.2 Å². The minimum atomic E-state index is -2.93. The third-order valence-electron chi connectivity index (χ3n) is 5.23. The molecule has 2 amide bonds. The van der Waals surface area contributed by atoms with Gasteiger partial charge in [-0.1, -0.05) is 6.57 Å². The minimum absolute atomic E-state index is 0.121. The van der Waals surface area contributed by atoms with E-state index >= 15 is 4.39 Å². The Morgan fingerprint density at radius 2 is 2.23 bits per heavy atom. The topological polar surface area (TPSA) is 69.9 Å². The van der Waals surface area contributed by atoms with Gasteiger partial charge in [-0.05, 0) is 68.2 Å². The highest BCUT2D eigenvalue weighted by Crippen LogP contribution is 2.48. The van der Waals surface area contributed by atoms with Crippen molar-refractivity contribution in [1.82, 2.24) is 10.3 Å². The Balaban J connectivity index is 1.88. The Bertz CT molecular complexity index is 1440. The van der Waals surface area contributed by atoms with Gasteiger partial charge in [0.1, 0.15) is 18.9 Å². The van der Waals surface area contributed by atoms with Crippen LogP contribution in [-0.2, 0) is 4.79 Å². The molecule has 2 heterocycles. The van der Waals surface area contributed by atoms with Gasteiger partial charge >= 0.3 is 0 Å². The van der Waals surface area contributed by atoms with E-state index in [1.165, 1.54) is 6.92 Å². The summed E-state index contributed by atoms with van der Waals surface area (Å²) in [6.07, 6.45) is 0.458. The normalized spacial score (nSPS) is 20.9. The van der Waals surface area contributed by atoms with Gasteiger partial charge in [-0.2, -0.15) is 0 Å². The van der Waals surface area contributed by atoms with Crippen molar-refractivity contribution in [3.63, 3.8) is 0 Å². The van der Waals surface area contributed by atoms with Gasteiger partial charge in [0.25, 0.3) is 17.6 Å². The average molecular weight is 431 g/mol. The predicted octanol–water partition coefficient (Wildman–Crippen LogP) is 3.50. The molecule has 2 fully saturated rings. The van der Waals surface area contributed by atoms with Gasteiger partial charge in [0.05, 0.1) is 15.4 Å². The van der Waals surface area contributed by atoms with E-state index in [1.807, 2.05) is 0 Å². The van der Waals surface area contributed by atoms with E-state index < -0.39 is 59.7 Å². The Morgan fingerprint density at radius 3 is 2.87 bits per heavy atom. The largest absolute Gasteiger partial charge is 0.360 e. The molecule has 30 heavy (non-hydrogen) atoms. The average Bonchev–Trinajstić information content (AvgIpc) is 2.99. The molecule has 1 N–H and O–H groups in total. The van der Waals surface area contributed by atoms with Crippen LogP contribution in [0.15, 0.2) is 30.4 Å². The molecule has 9 heteroatoms. The summed E-state index contributed by atoms with van der Waals surface area (Å²) in [6.45, 7) is 5.70. The predicted molar refractivity (Wildman–Crippen MR) is 114 cm³/mol. The molecular formula is C21H18FN5O2S. The fourth-order valence-electron chi connectivity index (χ4n) is 3.56. The Labute approximate surface area is 188 Å². The van der Waals surface area contributed by atoms with Gasteiger partial charge in [-0.15, -0.1) is 4.98 Å². The van der Waals surface area contributed by atoms with Gasteiger partial charge in [0.15, 0.2) is 5.11 Å². The molecule has 0 atom stereocenters. The number of pyridine rings is 1. The van der Waals surface area contributed by atoms with Crippen LogP contribution in [0.2, 0.25) is 0 Å². The molecule has 1 aromatic carbocycles. The van der Waals surface area contributed by atoms with Gasteiger partial charge in [0, 0.05) is 16.8 Å². The molecule has 7 nitrogen and oxygen atoms in total. The smallest absolute Gasteiger partial charge is 0.272 e. The number of benzene rings is 1. The summed E-state index contributed by atoms with van der Waals surface area (Å²) in [5, 5.41) is 1.30. The van der Waals surface area contributed by atoms with Crippen LogP contribution in [0.5, 0.6) is 0 Å². The molecule has 152 valence electrons. The molecule has 0 unspecified atom stereocenters. The van der Waals surface area contributed by atoms with Gasteiger partial charge in [0.2, 0.25) is 0 Å². The molecule has 2 aromatic rings.